The van der Waals surface area contributed by atoms with Gasteiger partial charge in [0.25, 0.3) is 5.91 Å². The van der Waals surface area contributed by atoms with E-state index in [-0.39, 0.29) is 5.91 Å². The van der Waals surface area contributed by atoms with Crippen molar-refractivity contribution in [3.8, 4) is 17.0 Å². The summed E-state index contributed by atoms with van der Waals surface area (Å²) in [5.41, 5.74) is 9.50. The van der Waals surface area contributed by atoms with Crippen molar-refractivity contribution in [2.45, 2.75) is 6.54 Å². The Bertz CT molecular complexity index is 857. The molecule has 0 aliphatic heterocycles. The van der Waals surface area contributed by atoms with Crippen LogP contribution in [0.4, 0.5) is 5.69 Å². The van der Waals surface area contributed by atoms with Gasteiger partial charge < -0.3 is 15.8 Å². The molecule has 3 aromatic rings. The molecule has 0 aliphatic carbocycles. The number of amides is 1. The molecule has 3 rings (SSSR count). The molecule has 6 nitrogen and oxygen atoms in total. The summed E-state index contributed by atoms with van der Waals surface area (Å²) in [4.78, 5) is 12.3. The highest BCUT2D eigenvalue weighted by molar-refractivity contribution is 5.96. The number of nitrogens with one attached hydrogen (secondary N) is 2. The summed E-state index contributed by atoms with van der Waals surface area (Å²) in [6.07, 6.45) is 0. The van der Waals surface area contributed by atoms with Gasteiger partial charge in [-0.25, -0.2) is 0 Å². The number of nitrogens with zero attached hydrogens (tertiary/aromatic N) is 1. The number of carbonyl (C=O) groups is 1. The van der Waals surface area contributed by atoms with Gasteiger partial charge in [0.2, 0.25) is 0 Å². The molecule has 122 valence electrons. The van der Waals surface area contributed by atoms with E-state index in [9.17, 15) is 4.79 Å². The molecule has 0 saturated heterocycles. The number of hydrogen-bond acceptors (Lipinski definition) is 4. The molecule has 1 heterocycles. The topological polar surface area (TPSA) is 93.0 Å². The number of anilines is 1. The maximum atomic E-state index is 12.3. The minimum Gasteiger partial charge on any atom is -0.496 e. The fraction of sp³-hybridized carbons (Fsp3) is 0.111. The molecule has 6 heteroatoms. The van der Waals surface area contributed by atoms with Gasteiger partial charge >= 0.3 is 0 Å². The Morgan fingerprint density at radius 3 is 2.75 bits per heavy atom. The van der Waals surface area contributed by atoms with Gasteiger partial charge in [0.1, 0.15) is 5.75 Å². The van der Waals surface area contributed by atoms with Crippen LogP contribution in [0.1, 0.15) is 16.1 Å². The summed E-state index contributed by atoms with van der Waals surface area (Å²) >= 11 is 0. The highest BCUT2D eigenvalue weighted by atomic mass is 16.5. The highest BCUT2D eigenvalue weighted by Crippen LogP contribution is 2.24. The number of aromatic amines is 1. The molecular weight excluding hydrogens is 304 g/mol. The van der Waals surface area contributed by atoms with E-state index in [4.69, 9.17) is 10.5 Å². The van der Waals surface area contributed by atoms with Gasteiger partial charge in [-0.05, 0) is 24.3 Å². The second-order valence-electron chi connectivity index (χ2n) is 5.25. The maximum Gasteiger partial charge on any atom is 0.255 e. The smallest absolute Gasteiger partial charge is 0.255 e. The molecular formula is C18H18N4O2. The van der Waals surface area contributed by atoms with E-state index in [0.717, 1.165) is 17.0 Å². The van der Waals surface area contributed by atoms with Crippen molar-refractivity contribution in [3.63, 3.8) is 0 Å². The molecule has 0 aliphatic rings. The summed E-state index contributed by atoms with van der Waals surface area (Å²) in [7, 11) is 1.54. The molecule has 1 amide bonds. The quantitative estimate of drug-likeness (QED) is 0.629. The molecule has 0 unspecified atom stereocenters. The van der Waals surface area contributed by atoms with E-state index < -0.39 is 0 Å². The van der Waals surface area contributed by atoms with Gasteiger partial charge in [0.15, 0.2) is 0 Å². The first kappa shape index (κ1) is 15.6. The number of ether oxygens (including phenoxy) is 1. The van der Waals surface area contributed by atoms with Gasteiger partial charge in [0, 0.05) is 11.3 Å². The van der Waals surface area contributed by atoms with Crippen LogP contribution in [0, 0.1) is 0 Å². The monoisotopic (exact) mass is 322 g/mol. The van der Waals surface area contributed by atoms with E-state index in [0.29, 0.717) is 23.5 Å². The van der Waals surface area contributed by atoms with E-state index in [1.54, 1.807) is 18.2 Å². The molecule has 24 heavy (non-hydrogen) atoms. The maximum absolute atomic E-state index is 12.3. The number of aromatic nitrogens is 2. The van der Waals surface area contributed by atoms with Crippen LogP contribution >= 0.6 is 0 Å². The summed E-state index contributed by atoms with van der Waals surface area (Å²) in [6.45, 7) is 0.330. The zero-order chi connectivity index (χ0) is 16.9. The van der Waals surface area contributed by atoms with Crippen molar-refractivity contribution in [3.05, 3.63) is 65.9 Å². The minimum absolute atomic E-state index is 0.206. The average molecular weight is 322 g/mol. The van der Waals surface area contributed by atoms with Crippen LogP contribution in [0.25, 0.3) is 11.3 Å². The normalized spacial score (nSPS) is 10.4. The molecule has 0 atom stereocenters. The van der Waals surface area contributed by atoms with Crippen LogP contribution in [-0.4, -0.2) is 23.2 Å². The van der Waals surface area contributed by atoms with Gasteiger partial charge in [0.05, 0.1) is 30.6 Å². The Kier molecular flexibility index (Phi) is 4.47. The number of benzene rings is 2. The number of hydrogen-bond donors (Lipinski definition) is 3. The average Bonchev–Trinajstić information content (AvgIpc) is 3.08. The van der Waals surface area contributed by atoms with Gasteiger partial charge in [-0.1, -0.05) is 30.3 Å². The fourth-order valence-electron chi connectivity index (χ4n) is 2.42. The summed E-state index contributed by atoms with van der Waals surface area (Å²) in [5.74, 6) is 0.334. The van der Waals surface area contributed by atoms with Crippen molar-refractivity contribution in [2.75, 3.05) is 12.8 Å². The number of carbonyl (C=O) groups excluding carboxylic acids is 1. The molecule has 0 bridgehead atoms. The van der Waals surface area contributed by atoms with E-state index in [1.165, 1.54) is 7.11 Å². The first-order valence-electron chi connectivity index (χ1n) is 7.49. The summed E-state index contributed by atoms with van der Waals surface area (Å²) in [6, 6.07) is 16.5. The second kappa shape index (κ2) is 6.87. The molecule has 0 spiro atoms. The second-order valence-corrected chi connectivity index (χ2v) is 5.25. The number of rotatable bonds is 5. The third kappa shape index (κ3) is 3.22. The SMILES string of the molecule is COc1ccccc1C(=O)NCc1cc(-c2ccccc2N)n[nH]1. The van der Waals surface area contributed by atoms with Crippen LogP contribution in [-0.2, 0) is 6.54 Å². The largest absolute Gasteiger partial charge is 0.496 e. The fourth-order valence-corrected chi connectivity index (χ4v) is 2.42. The lowest BCUT2D eigenvalue weighted by Gasteiger charge is -2.08. The standard InChI is InChI=1S/C18H18N4O2/c1-24-17-9-5-3-7-14(17)18(23)20-11-12-10-16(22-21-12)13-6-2-4-8-15(13)19/h2-10H,11,19H2,1H3,(H,20,23)(H,21,22). The third-order valence-corrected chi connectivity index (χ3v) is 3.66. The third-order valence-electron chi connectivity index (χ3n) is 3.66. The molecule has 0 fully saturated rings. The Hall–Kier alpha value is -3.28. The van der Waals surface area contributed by atoms with Crippen molar-refractivity contribution in [1.82, 2.24) is 15.5 Å². The first-order chi connectivity index (χ1) is 11.7. The number of para-hydroxylation sites is 2. The molecule has 4 N–H and O–H groups in total. The van der Waals surface area contributed by atoms with Crippen LogP contribution in [0.2, 0.25) is 0 Å². The Balaban J connectivity index is 1.70. The van der Waals surface area contributed by atoms with Crippen molar-refractivity contribution < 1.29 is 9.53 Å². The number of methoxy groups -OCH3 is 1. The predicted octanol–water partition coefficient (Wildman–Crippen LogP) is 2.60. The van der Waals surface area contributed by atoms with E-state index in [1.807, 2.05) is 36.4 Å². The number of H-pyrrole nitrogens is 1. The lowest BCUT2D eigenvalue weighted by Crippen LogP contribution is -2.23. The molecule has 1 aromatic heterocycles. The van der Waals surface area contributed by atoms with Crippen molar-refractivity contribution in [2.24, 2.45) is 0 Å². The minimum atomic E-state index is -0.206. The van der Waals surface area contributed by atoms with Crippen LogP contribution < -0.4 is 15.8 Å². The van der Waals surface area contributed by atoms with Gasteiger partial charge in [-0.2, -0.15) is 5.10 Å². The van der Waals surface area contributed by atoms with E-state index >= 15 is 0 Å². The number of nitrogen functional groups attached to an aromatic ring is 1. The van der Waals surface area contributed by atoms with Gasteiger partial charge in [-0.3, -0.25) is 9.89 Å². The number of nitrogens with two attached hydrogens (primary N) is 1. The zero-order valence-electron chi connectivity index (χ0n) is 13.2. The molecule has 2 aromatic carbocycles. The lowest BCUT2D eigenvalue weighted by molar-refractivity contribution is 0.0947. The van der Waals surface area contributed by atoms with Crippen LogP contribution in [0.3, 0.4) is 0 Å². The van der Waals surface area contributed by atoms with E-state index in [2.05, 4.69) is 15.5 Å². The van der Waals surface area contributed by atoms with Crippen LogP contribution in [0.5, 0.6) is 5.75 Å². The predicted molar refractivity (Wildman–Crippen MR) is 92.6 cm³/mol. The van der Waals surface area contributed by atoms with Crippen LogP contribution in [0.15, 0.2) is 54.6 Å². The lowest BCUT2D eigenvalue weighted by atomic mass is 10.1. The summed E-state index contributed by atoms with van der Waals surface area (Å²) < 4.78 is 5.20. The highest BCUT2D eigenvalue weighted by Gasteiger charge is 2.12. The molecule has 0 saturated carbocycles. The van der Waals surface area contributed by atoms with Crippen molar-refractivity contribution >= 4 is 11.6 Å². The molecule has 0 radical (unpaired) electrons. The van der Waals surface area contributed by atoms with Crippen molar-refractivity contribution in [1.29, 1.82) is 0 Å². The summed E-state index contributed by atoms with van der Waals surface area (Å²) in [5, 5.41) is 10.0. The Morgan fingerprint density at radius 2 is 1.96 bits per heavy atom. The zero-order valence-corrected chi connectivity index (χ0v) is 13.2. The van der Waals surface area contributed by atoms with Gasteiger partial charge in [-0.15, -0.1) is 0 Å². The first-order valence-corrected chi connectivity index (χ1v) is 7.49. The Labute approximate surface area is 139 Å². The Morgan fingerprint density at radius 1 is 1.21 bits per heavy atom.